The summed E-state index contributed by atoms with van der Waals surface area (Å²) in [6.45, 7) is 3.36. The van der Waals surface area contributed by atoms with Gasteiger partial charge in [0, 0.05) is 41.2 Å². The normalized spacial score (nSPS) is 13.7. The number of nitrogens with zero attached hydrogens (tertiary/aromatic N) is 2. The molecule has 2 aromatic heterocycles. The molecule has 6 rings (SSSR count). The number of morpholine rings is 1. The number of aromatic nitrogens is 2. The molecule has 192 valence electrons. The summed E-state index contributed by atoms with van der Waals surface area (Å²) < 4.78 is 11.7. The number of para-hydroxylation sites is 1. The van der Waals surface area contributed by atoms with Crippen molar-refractivity contribution < 1.29 is 19.4 Å². The van der Waals surface area contributed by atoms with Crippen molar-refractivity contribution >= 4 is 33.5 Å². The van der Waals surface area contributed by atoms with Crippen molar-refractivity contribution in [1.29, 1.82) is 0 Å². The van der Waals surface area contributed by atoms with Crippen LogP contribution in [0, 0.1) is 0 Å². The summed E-state index contributed by atoms with van der Waals surface area (Å²) in [5, 5.41) is 13.2. The number of aromatic carboxylic acids is 1. The van der Waals surface area contributed by atoms with Gasteiger partial charge in [0.25, 0.3) is 0 Å². The molecule has 1 aliphatic heterocycles. The Morgan fingerprint density at radius 2 is 1.71 bits per heavy atom. The van der Waals surface area contributed by atoms with E-state index in [4.69, 9.17) is 9.47 Å². The van der Waals surface area contributed by atoms with Gasteiger partial charge in [-0.1, -0.05) is 54.6 Å². The van der Waals surface area contributed by atoms with Gasteiger partial charge in [0.15, 0.2) is 0 Å². The fourth-order valence-electron chi connectivity index (χ4n) is 5.33. The topological polar surface area (TPSA) is 87.7 Å². The fourth-order valence-corrected chi connectivity index (χ4v) is 5.33. The van der Waals surface area contributed by atoms with E-state index in [1.54, 1.807) is 6.20 Å². The van der Waals surface area contributed by atoms with Gasteiger partial charge in [-0.2, -0.15) is 0 Å². The van der Waals surface area contributed by atoms with Crippen LogP contribution in [-0.2, 0) is 11.2 Å². The number of carboxylic acids is 1. The number of benzene rings is 3. The zero-order valence-corrected chi connectivity index (χ0v) is 21.0. The Hall–Kier alpha value is -4.36. The van der Waals surface area contributed by atoms with E-state index in [0.29, 0.717) is 32.7 Å². The van der Waals surface area contributed by atoms with Crippen LogP contribution < -0.4 is 9.64 Å². The van der Waals surface area contributed by atoms with Crippen LogP contribution in [0.25, 0.3) is 32.8 Å². The van der Waals surface area contributed by atoms with Crippen LogP contribution in [0.5, 0.6) is 5.75 Å². The summed E-state index contributed by atoms with van der Waals surface area (Å²) in [6, 6.07) is 24.2. The summed E-state index contributed by atoms with van der Waals surface area (Å²) in [5.41, 5.74) is 3.77. The molecule has 0 saturated carbocycles. The molecule has 0 aliphatic carbocycles. The van der Waals surface area contributed by atoms with Crippen LogP contribution in [0.4, 0.5) is 5.82 Å². The summed E-state index contributed by atoms with van der Waals surface area (Å²) in [5.74, 6) is 0.770. The Kier molecular flexibility index (Phi) is 6.67. The molecule has 0 radical (unpaired) electrons. The number of aromatic amines is 1. The van der Waals surface area contributed by atoms with E-state index in [0.717, 1.165) is 63.0 Å². The maximum absolute atomic E-state index is 12.3. The number of carboxylic acid groups (broad SMARTS) is 1. The van der Waals surface area contributed by atoms with Crippen LogP contribution >= 0.6 is 0 Å². The molecule has 0 amide bonds. The van der Waals surface area contributed by atoms with Gasteiger partial charge >= 0.3 is 5.97 Å². The predicted octanol–water partition coefficient (Wildman–Crippen LogP) is 5.93. The third-order valence-electron chi connectivity index (χ3n) is 7.12. The molecule has 0 unspecified atom stereocenters. The zero-order chi connectivity index (χ0) is 25.9. The lowest BCUT2D eigenvalue weighted by Crippen LogP contribution is -2.37. The highest BCUT2D eigenvalue weighted by molar-refractivity contribution is 6.04. The molecular formula is C31H29N3O4. The number of hydrogen-bond donors (Lipinski definition) is 2. The summed E-state index contributed by atoms with van der Waals surface area (Å²) in [7, 11) is 0. The van der Waals surface area contributed by atoms with Gasteiger partial charge < -0.3 is 24.5 Å². The smallest absolute Gasteiger partial charge is 0.352 e. The highest BCUT2D eigenvalue weighted by Crippen LogP contribution is 2.36. The summed E-state index contributed by atoms with van der Waals surface area (Å²) in [6.07, 6.45) is 3.07. The number of fused-ring (bicyclic) bond motifs is 2. The van der Waals surface area contributed by atoms with Gasteiger partial charge in [-0.3, -0.25) is 0 Å². The van der Waals surface area contributed by atoms with Crippen molar-refractivity contribution in [3.8, 4) is 16.9 Å². The minimum Gasteiger partial charge on any atom is -0.493 e. The number of hydrogen-bond acceptors (Lipinski definition) is 5. The van der Waals surface area contributed by atoms with Crippen LogP contribution in [0.3, 0.4) is 0 Å². The molecule has 0 atom stereocenters. The average molecular weight is 508 g/mol. The molecule has 1 fully saturated rings. The number of anilines is 1. The molecule has 38 heavy (non-hydrogen) atoms. The van der Waals surface area contributed by atoms with Gasteiger partial charge in [0.05, 0.1) is 25.3 Å². The van der Waals surface area contributed by atoms with E-state index in [-0.39, 0.29) is 5.69 Å². The van der Waals surface area contributed by atoms with Crippen LogP contribution in [0.2, 0.25) is 0 Å². The quantitative estimate of drug-likeness (QED) is 0.253. The van der Waals surface area contributed by atoms with E-state index < -0.39 is 5.97 Å². The first kappa shape index (κ1) is 24.0. The molecule has 1 saturated heterocycles. The Bertz CT molecular complexity index is 1600. The molecule has 5 aromatic rings. The van der Waals surface area contributed by atoms with Crippen LogP contribution in [-0.4, -0.2) is 54.0 Å². The second-order valence-corrected chi connectivity index (χ2v) is 9.42. The van der Waals surface area contributed by atoms with Crippen LogP contribution in [0.1, 0.15) is 22.5 Å². The molecule has 3 heterocycles. The molecule has 3 aromatic carbocycles. The van der Waals surface area contributed by atoms with E-state index in [2.05, 4.69) is 33.1 Å². The van der Waals surface area contributed by atoms with Crippen LogP contribution in [0.15, 0.2) is 79.0 Å². The van der Waals surface area contributed by atoms with E-state index in [9.17, 15) is 9.90 Å². The largest absolute Gasteiger partial charge is 0.493 e. The van der Waals surface area contributed by atoms with Crippen molar-refractivity contribution in [2.45, 2.75) is 12.8 Å². The Balaban J connectivity index is 1.29. The second-order valence-electron chi connectivity index (χ2n) is 9.42. The zero-order valence-electron chi connectivity index (χ0n) is 21.0. The number of carbonyl (C=O) groups is 1. The molecule has 7 heteroatoms. The summed E-state index contributed by atoms with van der Waals surface area (Å²) in [4.78, 5) is 22.4. The highest BCUT2D eigenvalue weighted by Gasteiger charge is 2.22. The van der Waals surface area contributed by atoms with Crippen molar-refractivity contribution in [2.75, 3.05) is 37.8 Å². The van der Waals surface area contributed by atoms with E-state index in [1.165, 1.54) is 0 Å². The average Bonchev–Trinajstić information content (AvgIpc) is 3.35. The molecule has 2 N–H and O–H groups in total. The maximum Gasteiger partial charge on any atom is 0.352 e. The van der Waals surface area contributed by atoms with E-state index in [1.807, 2.05) is 54.6 Å². The number of H-pyrrole nitrogens is 1. The SMILES string of the molecule is O=C(O)c1[nH]c2c(-c3cccnc3N3CCOCC3)cccc2c1CCCOc1cccc2ccccc12. The Morgan fingerprint density at radius 3 is 2.58 bits per heavy atom. The first-order valence-corrected chi connectivity index (χ1v) is 13.0. The molecule has 0 bridgehead atoms. The Morgan fingerprint density at radius 1 is 0.947 bits per heavy atom. The van der Waals surface area contributed by atoms with E-state index >= 15 is 0 Å². The standard InChI is InChI=1S/C31H29N3O4/c35-31(36)29-24(13-6-18-38-27-14-3-8-21-7-1-2-9-22(21)27)23-10-4-11-25(28(23)33-29)26-12-5-15-32-30(26)34-16-19-37-20-17-34/h1-5,7-12,14-15,33H,6,13,16-20H2,(H,35,36). The lowest BCUT2D eigenvalue weighted by atomic mass is 9.99. The Labute approximate surface area is 220 Å². The summed E-state index contributed by atoms with van der Waals surface area (Å²) >= 11 is 0. The molecule has 0 spiro atoms. The second kappa shape index (κ2) is 10.6. The fraction of sp³-hybridized carbons (Fsp3) is 0.226. The number of ether oxygens (including phenoxy) is 2. The van der Waals surface area contributed by atoms with Gasteiger partial charge in [0.1, 0.15) is 17.3 Å². The number of pyridine rings is 1. The lowest BCUT2D eigenvalue weighted by molar-refractivity contribution is 0.0690. The predicted molar refractivity (Wildman–Crippen MR) is 149 cm³/mol. The third-order valence-corrected chi connectivity index (χ3v) is 7.12. The first-order valence-electron chi connectivity index (χ1n) is 13.0. The van der Waals surface area contributed by atoms with Gasteiger partial charge in [-0.05, 0) is 42.0 Å². The molecular weight excluding hydrogens is 478 g/mol. The monoisotopic (exact) mass is 507 g/mol. The number of aryl methyl sites for hydroxylation is 1. The highest BCUT2D eigenvalue weighted by atomic mass is 16.5. The van der Waals surface area contributed by atoms with Crippen molar-refractivity contribution in [1.82, 2.24) is 9.97 Å². The third kappa shape index (κ3) is 4.57. The first-order chi connectivity index (χ1) is 18.7. The van der Waals surface area contributed by atoms with Crippen molar-refractivity contribution in [3.05, 3.63) is 90.3 Å². The van der Waals surface area contributed by atoms with Gasteiger partial charge in [-0.15, -0.1) is 0 Å². The van der Waals surface area contributed by atoms with Crippen molar-refractivity contribution in [3.63, 3.8) is 0 Å². The lowest BCUT2D eigenvalue weighted by Gasteiger charge is -2.29. The van der Waals surface area contributed by atoms with Gasteiger partial charge in [-0.25, -0.2) is 9.78 Å². The molecule has 1 aliphatic rings. The minimum atomic E-state index is -0.961. The molecule has 7 nitrogen and oxygen atoms in total. The minimum absolute atomic E-state index is 0.231. The number of nitrogens with one attached hydrogen (secondary N) is 1. The van der Waals surface area contributed by atoms with Gasteiger partial charge in [0.2, 0.25) is 0 Å². The number of rotatable bonds is 8. The maximum atomic E-state index is 12.3. The van der Waals surface area contributed by atoms with Crippen molar-refractivity contribution in [2.24, 2.45) is 0 Å².